The smallest absolute Gasteiger partial charge is 0.260 e. The number of nitrogens with one attached hydrogen (secondary N) is 1. The monoisotopic (exact) mass is 407 g/mol. The molecule has 154 valence electrons. The van der Waals surface area contributed by atoms with E-state index in [2.05, 4.69) is 25.6 Å². The third-order valence-corrected chi connectivity index (χ3v) is 4.50. The molecule has 0 saturated heterocycles. The molecule has 0 saturated carbocycles. The number of hydrogen-bond acceptors (Lipinski definition) is 8. The Morgan fingerprint density at radius 3 is 2.70 bits per heavy atom. The second kappa shape index (κ2) is 8.32. The predicted octanol–water partition coefficient (Wildman–Crippen LogP) is 4.38. The van der Waals surface area contributed by atoms with Crippen LogP contribution in [0.25, 0.3) is 23.0 Å². The molecular weight excluding hydrogens is 386 g/mol. The largest absolute Gasteiger partial charge is 0.461 e. The standard InChI is InChI=1S/C21H21N5O4/c1-12(2)19-24-21(30-25-19)14-7-4-6-13(3)18(14)22-16(27)9-10-17-23-20(26-29-17)15-8-5-11-28-15/h4-8,11-12H,9-10H2,1-3H3,(H,22,27). The van der Waals surface area contributed by atoms with Gasteiger partial charge in [-0.25, -0.2) is 0 Å². The molecule has 1 amide bonds. The average molecular weight is 407 g/mol. The number of amides is 1. The van der Waals surface area contributed by atoms with Crippen LogP contribution in [0.15, 0.2) is 50.1 Å². The van der Waals surface area contributed by atoms with Gasteiger partial charge >= 0.3 is 0 Å². The van der Waals surface area contributed by atoms with E-state index in [9.17, 15) is 4.79 Å². The van der Waals surface area contributed by atoms with Crippen molar-refractivity contribution in [1.29, 1.82) is 0 Å². The molecule has 1 N–H and O–H groups in total. The number of carbonyl (C=O) groups is 1. The maximum atomic E-state index is 12.6. The van der Waals surface area contributed by atoms with E-state index in [1.807, 2.05) is 39.0 Å². The van der Waals surface area contributed by atoms with Crippen LogP contribution in [-0.2, 0) is 11.2 Å². The van der Waals surface area contributed by atoms with Crippen LogP contribution in [0.1, 0.15) is 43.5 Å². The Kier molecular flexibility index (Phi) is 5.42. The summed E-state index contributed by atoms with van der Waals surface area (Å²) in [5, 5.41) is 10.8. The third-order valence-electron chi connectivity index (χ3n) is 4.50. The Morgan fingerprint density at radius 2 is 1.97 bits per heavy atom. The molecule has 3 heterocycles. The number of aryl methyl sites for hydroxylation is 2. The summed E-state index contributed by atoms with van der Waals surface area (Å²) in [6.07, 6.45) is 2.01. The SMILES string of the molecule is Cc1cccc(-c2nc(C(C)C)no2)c1NC(=O)CCc1nc(-c2ccco2)no1. The molecule has 9 nitrogen and oxygen atoms in total. The van der Waals surface area contributed by atoms with Crippen LogP contribution in [0.3, 0.4) is 0 Å². The summed E-state index contributed by atoms with van der Waals surface area (Å²) in [7, 11) is 0. The molecule has 0 spiro atoms. The van der Waals surface area contributed by atoms with Crippen molar-refractivity contribution in [3.63, 3.8) is 0 Å². The van der Waals surface area contributed by atoms with Crippen molar-refractivity contribution in [3.8, 4) is 23.0 Å². The van der Waals surface area contributed by atoms with Crippen molar-refractivity contribution in [3.05, 3.63) is 53.9 Å². The Bertz CT molecular complexity index is 1140. The lowest BCUT2D eigenvalue weighted by atomic mass is 10.1. The third kappa shape index (κ3) is 4.14. The molecule has 4 rings (SSSR count). The zero-order valence-corrected chi connectivity index (χ0v) is 16.9. The highest BCUT2D eigenvalue weighted by atomic mass is 16.5. The van der Waals surface area contributed by atoms with Gasteiger partial charge in [-0.1, -0.05) is 36.3 Å². The van der Waals surface area contributed by atoms with Gasteiger partial charge in [0.2, 0.25) is 17.6 Å². The molecule has 0 aliphatic carbocycles. The van der Waals surface area contributed by atoms with E-state index in [-0.39, 0.29) is 18.2 Å². The zero-order chi connectivity index (χ0) is 21.1. The second-order valence-corrected chi connectivity index (χ2v) is 7.15. The minimum absolute atomic E-state index is 0.144. The van der Waals surface area contributed by atoms with Crippen molar-refractivity contribution < 1.29 is 18.3 Å². The van der Waals surface area contributed by atoms with Crippen molar-refractivity contribution >= 4 is 11.6 Å². The molecule has 3 aromatic heterocycles. The van der Waals surface area contributed by atoms with Crippen LogP contribution in [0.2, 0.25) is 0 Å². The summed E-state index contributed by atoms with van der Waals surface area (Å²) < 4.78 is 15.8. The number of aromatic nitrogens is 4. The molecule has 0 bridgehead atoms. The summed E-state index contributed by atoms with van der Waals surface area (Å²) in [6.45, 7) is 5.89. The first-order valence-corrected chi connectivity index (χ1v) is 9.61. The van der Waals surface area contributed by atoms with E-state index in [1.165, 1.54) is 6.26 Å². The quantitative estimate of drug-likeness (QED) is 0.479. The zero-order valence-electron chi connectivity index (χ0n) is 16.9. The van der Waals surface area contributed by atoms with Gasteiger partial charge in [0.15, 0.2) is 11.6 Å². The molecule has 0 aliphatic heterocycles. The normalized spacial score (nSPS) is 11.2. The summed E-state index contributed by atoms with van der Waals surface area (Å²) in [6, 6.07) is 9.11. The number of nitrogens with zero attached hydrogens (tertiary/aromatic N) is 4. The number of benzene rings is 1. The average Bonchev–Trinajstić information content (AvgIpc) is 3.48. The van der Waals surface area contributed by atoms with E-state index >= 15 is 0 Å². The fraction of sp³-hybridized carbons (Fsp3) is 0.286. The fourth-order valence-electron chi connectivity index (χ4n) is 2.88. The first kappa shape index (κ1) is 19.6. The second-order valence-electron chi connectivity index (χ2n) is 7.15. The van der Waals surface area contributed by atoms with Crippen LogP contribution in [0.5, 0.6) is 0 Å². The van der Waals surface area contributed by atoms with Crippen molar-refractivity contribution in [1.82, 2.24) is 20.3 Å². The number of hydrogen-bond donors (Lipinski definition) is 1. The number of carbonyl (C=O) groups excluding carboxylic acids is 1. The van der Waals surface area contributed by atoms with Crippen LogP contribution in [0.4, 0.5) is 5.69 Å². The summed E-state index contributed by atoms with van der Waals surface area (Å²) in [5.74, 6) is 2.18. The van der Waals surface area contributed by atoms with E-state index in [1.54, 1.807) is 12.1 Å². The Labute approximate surface area is 172 Å². The lowest BCUT2D eigenvalue weighted by Crippen LogP contribution is -2.14. The molecule has 0 atom stereocenters. The van der Waals surface area contributed by atoms with E-state index in [4.69, 9.17) is 13.5 Å². The van der Waals surface area contributed by atoms with E-state index in [0.29, 0.717) is 46.9 Å². The number of furan rings is 1. The molecule has 1 aromatic carbocycles. The van der Waals surface area contributed by atoms with E-state index in [0.717, 1.165) is 5.56 Å². The van der Waals surface area contributed by atoms with Gasteiger partial charge in [0.1, 0.15) is 0 Å². The topological polar surface area (TPSA) is 120 Å². The Morgan fingerprint density at radius 1 is 1.10 bits per heavy atom. The highest BCUT2D eigenvalue weighted by Gasteiger charge is 2.18. The Hall–Kier alpha value is -3.75. The summed E-state index contributed by atoms with van der Waals surface area (Å²) >= 11 is 0. The maximum Gasteiger partial charge on any atom is 0.260 e. The van der Waals surface area contributed by atoms with Crippen molar-refractivity contribution in [2.75, 3.05) is 5.32 Å². The van der Waals surface area contributed by atoms with Crippen LogP contribution < -0.4 is 5.32 Å². The van der Waals surface area contributed by atoms with Crippen LogP contribution in [0, 0.1) is 6.92 Å². The van der Waals surface area contributed by atoms with Gasteiger partial charge in [-0.3, -0.25) is 4.79 Å². The maximum absolute atomic E-state index is 12.6. The van der Waals surface area contributed by atoms with Gasteiger partial charge in [0.05, 0.1) is 17.5 Å². The molecule has 0 aliphatic rings. The molecule has 0 unspecified atom stereocenters. The lowest BCUT2D eigenvalue weighted by Gasteiger charge is -2.11. The molecule has 0 fully saturated rings. The van der Waals surface area contributed by atoms with Gasteiger partial charge in [-0.15, -0.1) is 0 Å². The number of anilines is 1. The van der Waals surface area contributed by atoms with Crippen LogP contribution >= 0.6 is 0 Å². The first-order valence-electron chi connectivity index (χ1n) is 9.61. The Balaban J connectivity index is 1.45. The van der Waals surface area contributed by atoms with Gasteiger partial charge in [0, 0.05) is 18.8 Å². The highest BCUT2D eigenvalue weighted by molar-refractivity contribution is 5.95. The minimum Gasteiger partial charge on any atom is -0.461 e. The van der Waals surface area contributed by atoms with E-state index < -0.39 is 0 Å². The number of para-hydroxylation sites is 1. The molecular formula is C21H21N5O4. The van der Waals surface area contributed by atoms with Gasteiger partial charge in [0.25, 0.3) is 5.89 Å². The summed E-state index contributed by atoms with van der Waals surface area (Å²) in [5.41, 5.74) is 2.21. The van der Waals surface area contributed by atoms with Gasteiger partial charge in [-0.2, -0.15) is 9.97 Å². The van der Waals surface area contributed by atoms with Gasteiger partial charge in [-0.05, 0) is 30.7 Å². The highest BCUT2D eigenvalue weighted by Crippen LogP contribution is 2.30. The number of rotatable bonds is 7. The van der Waals surface area contributed by atoms with Crippen LogP contribution in [-0.4, -0.2) is 26.2 Å². The molecule has 9 heteroatoms. The van der Waals surface area contributed by atoms with Crippen molar-refractivity contribution in [2.45, 2.75) is 39.5 Å². The first-order chi connectivity index (χ1) is 14.5. The molecule has 30 heavy (non-hydrogen) atoms. The lowest BCUT2D eigenvalue weighted by molar-refractivity contribution is -0.116. The molecule has 4 aromatic rings. The fourth-order valence-corrected chi connectivity index (χ4v) is 2.88. The summed E-state index contributed by atoms with van der Waals surface area (Å²) in [4.78, 5) is 21.3. The minimum atomic E-state index is -0.188. The molecule has 0 radical (unpaired) electrons. The predicted molar refractivity (Wildman–Crippen MR) is 108 cm³/mol. The van der Waals surface area contributed by atoms with Gasteiger partial charge < -0.3 is 18.8 Å². The van der Waals surface area contributed by atoms with Crippen molar-refractivity contribution in [2.24, 2.45) is 0 Å².